The topological polar surface area (TPSA) is 68.0 Å². The van der Waals surface area contributed by atoms with Crippen molar-refractivity contribution in [1.29, 1.82) is 0 Å². The first-order chi connectivity index (χ1) is 12.7. The second kappa shape index (κ2) is 8.51. The molecule has 0 aliphatic carbocycles. The fraction of sp³-hybridized carbons (Fsp3) is 0.250. The molecule has 4 rings (SSSR count). The van der Waals surface area contributed by atoms with Crippen LogP contribution in [0.4, 0.5) is 0 Å². The molecule has 0 amide bonds. The molecule has 0 radical (unpaired) electrons. The number of aliphatic imine (C=N–C) groups is 1. The largest absolute Gasteiger partial charge is 0.459 e. The Balaban J connectivity index is 0.00000210. The number of ether oxygens (including phenoxy) is 2. The first kappa shape index (κ1) is 19.3. The van der Waals surface area contributed by atoms with Crippen molar-refractivity contribution in [3.63, 3.8) is 0 Å². The Labute approximate surface area is 175 Å². The highest BCUT2D eigenvalue weighted by Crippen LogP contribution is 2.32. The van der Waals surface area contributed by atoms with Crippen LogP contribution in [0.3, 0.4) is 0 Å². The van der Waals surface area contributed by atoms with Crippen molar-refractivity contribution in [2.45, 2.75) is 20.0 Å². The van der Waals surface area contributed by atoms with E-state index in [1.807, 2.05) is 36.4 Å². The molecule has 142 valence electrons. The maximum Gasteiger partial charge on any atom is 0.231 e. The van der Waals surface area contributed by atoms with Gasteiger partial charge in [0.05, 0.1) is 6.54 Å². The third-order valence-electron chi connectivity index (χ3n) is 4.48. The zero-order valence-corrected chi connectivity index (χ0v) is 17.6. The average molecular weight is 479 g/mol. The third-order valence-corrected chi connectivity index (χ3v) is 4.48. The molecule has 0 saturated carbocycles. The second-order valence-corrected chi connectivity index (χ2v) is 6.11. The van der Waals surface area contributed by atoms with Gasteiger partial charge in [0, 0.05) is 24.5 Å². The summed E-state index contributed by atoms with van der Waals surface area (Å²) in [4.78, 5) is 4.27. The van der Waals surface area contributed by atoms with Crippen LogP contribution in [-0.2, 0) is 13.1 Å². The molecule has 1 aliphatic rings. The standard InChI is InChI=1S/C20H21N3O3.HI/c1-13-15-5-3-4-6-16(15)26-19(13)11-23-20(21-2)22-10-14-7-8-17-18(9-14)25-12-24-17;/h3-9H,10-12H2,1-2H3,(H2,21,22,23);1H. The molecule has 0 unspecified atom stereocenters. The summed E-state index contributed by atoms with van der Waals surface area (Å²) >= 11 is 0. The number of hydrogen-bond donors (Lipinski definition) is 2. The van der Waals surface area contributed by atoms with Gasteiger partial charge >= 0.3 is 0 Å². The van der Waals surface area contributed by atoms with E-state index in [2.05, 4.69) is 28.6 Å². The highest BCUT2D eigenvalue weighted by atomic mass is 127. The zero-order valence-electron chi connectivity index (χ0n) is 15.2. The van der Waals surface area contributed by atoms with Gasteiger partial charge in [-0.25, -0.2) is 0 Å². The monoisotopic (exact) mass is 479 g/mol. The number of fused-ring (bicyclic) bond motifs is 2. The van der Waals surface area contributed by atoms with Crippen molar-refractivity contribution >= 4 is 40.9 Å². The molecule has 2 heterocycles. The van der Waals surface area contributed by atoms with Crippen LogP contribution in [0.2, 0.25) is 0 Å². The summed E-state index contributed by atoms with van der Waals surface area (Å²) in [5, 5.41) is 7.75. The molecule has 0 fully saturated rings. The molecule has 1 aromatic heterocycles. The first-order valence-corrected chi connectivity index (χ1v) is 8.54. The van der Waals surface area contributed by atoms with Crippen LogP contribution in [0.5, 0.6) is 11.5 Å². The maximum absolute atomic E-state index is 5.93. The van der Waals surface area contributed by atoms with E-state index in [0.29, 0.717) is 19.0 Å². The van der Waals surface area contributed by atoms with Crippen molar-refractivity contribution in [3.8, 4) is 11.5 Å². The average Bonchev–Trinajstić information content (AvgIpc) is 3.26. The number of furan rings is 1. The highest BCUT2D eigenvalue weighted by molar-refractivity contribution is 14.0. The Morgan fingerprint density at radius 1 is 1.04 bits per heavy atom. The number of aryl methyl sites for hydroxylation is 1. The van der Waals surface area contributed by atoms with Gasteiger partial charge in [0.2, 0.25) is 6.79 Å². The van der Waals surface area contributed by atoms with Gasteiger partial charge in [-0.1, -0.05) is 24.3 Å². The Morgan fingerprint density at radius 2 is 1.81 bits per heavy atom. The smallest absolute Gasteiger partial charge is 0.231 e. The van der Waals surface area contributed by atoms with E-state index in [9.17, 15) is 0 Å². The first-order valence-electron chi connectivity index (χ1n) is 8.54. The van der Waals surface area contributed by atoms with Gasteiger partial charge in [-0.15, -0.1) is 24.0 Å². The number of nitrogens with zero attached hydrogens (tertiary/aromatic N) is 1. The van der Waals surface area contributed by atoms with Crippen LogP contribution >= 0.6 is 24.0 Å². The number of guanidine groups is 1. The minimum Gasteiger partial charge on any atom is -0.459 e. The van der Waals surface area contributed by atoms with Crippen LogP contribution in [-0.4, -0.2) is 19.8 Å². The van der Waals surface area contributed by atoms with Crippen LogP contribution in [0.1, 0.15) is 16.9 Å². The second-order valence-electron chi connectivity index (χ2n) is 6.11. The predicted octanol–water partition coefficient (Wildman–Crippen LogP) is 3.95. The lowest BCUT2D eigenvalue weighted by Gasteiger charge is -2.11. The summed E-state index contributed by atoms with van der Waals surface area (Å²) in [6.45, 7) is 3.56. The molecule has 6 nitrogen and oxygen atoms in total. The summed E-state index contributed by atoms with van der Waals surface area (Å²) in [5.41, 5.74) is 3.15. The lowest BCUT2D eigenvalue weighted by Crippen LogP contribution is -2.36. The zero-order chi connectivity index (χ0) is 17.9. The van der Waals surface area contributed by atoms with Gasteiger partial charge in [0.15, 0.2) is 17.5 Å². The number of nitrogens with one attached hydrogen (secondary N) is 2. The van der Waals surface area contributed by atoms with E-state index in [0.717, 1.165) is 39.4 Å². The van der Waals surface area contributed by atoms with Crippen molar-refractivity contribution in [1.82, 2.24) is 10.6 Å². The van der Waals surface area contributed by atoms with E-state index < -0.39 is 0 Å². The summed E-state index contributed by atoms with van der Waals surface area (Å²) < 4.78 is 16.7. The minimum absolute atomic E-state index is 0. The van der Waals surface area contributed by atoms with Crippen LogP contribution in [0.25, 0.3) is 11.0 Å². The number of halogens is 1. The molecular formula is C20H22IN3O3. The Bertz CT molecular complexity index is 968. The molecular weight excluding hydrogens is 457 g/mol. The molecule has 0 atom stereocenters. The fourth-order valence-corrected chi connectivity index (χ4v) is 3.01. The van der Waals surface area contributed by atoms with Gasteiger partial charge in [-0.2, -0.15) is 0 Å². The van der Waals surface area contributed by atoms with Crippen LogP contribution in [0, 0.1) is 6.92 Å². The summed E-state index contributed by atoms with van der Waals surface area (Å²) in [6, 6.07) is 14.0. The van der Waals surface area contributed by atoms with E-state index >= 15 is 0 Å². The number of hydrogen-bond acceptors (Lipinski definition) is 4. The van der Waals surface area contributed by atoms with Gasteiger partial charge in [0.1, 0.15) is 11.3 Å². The quantitative estimate of drug-likeness (QED) is 0.337. The van der Waals surface area contributed by atoms with Gasteiger partial charge in [-0.3, -0.25) is 4.99 Å². The van der Waals surface area contributed by atoms with Crippen LogP contribution < -0.4 is 20.1 Å². The third kappa shape index (κ3) is 4.13. The molecule has 2 N–H and O–H groups in total. The molecule has 0 spiro atoms. The van der Waals surface area contributed by atoms with Crippen molar-refractivity contribution in [2.75, 3.05) is 13.8 Å². The summed E-state index contributed by atoms with van der Waals surface area (Å²) in [6.07, 6.45) is 0. The van der Waals surface area contributed by atoms with Crippen molar-refractivity contribution in [3.05, 3.63) is 59.4 Å². The molecule has 3 aromatic rings. The number of rotatable bonds is 4. The van der Waals surface area contributed by atoms with E-state index in [4.69, 9.17) is 13.9 Å². The van der Waals surface area contributed by atoms with E-state index in [-0.39, 0.29) is 30.8 Å². The molecule has 7 heteroatoms. The molecule has 0 bridgehead atoms. The van der Waals surface area contributed by atoms with E-state index in [1.54, 1.807) is 7.05 Å². The normalized spacial score (nSPS) is 12.7. The molecule has 2 aromatic carbocycles. The Hall–Kier alpha value is -2.42. The van der Waals surface area contributed by atoms with Gasteiger partial charge < -0.3 is 24.5 Å². The lowest BCUT2D eigenvalue weighted by molar-refractivity contribution is 0.174. The number of benzene rings is 2. The van der Waals surface area contributed by atoms with Gasteiger partial charge in [0.25, 0.3) is 0 Å². The number of para-hydroxylation sites is 1. The highest BCUT2D eigenvalue weighted by Gasteiger charge is 2.13. The maximum atomic E-state index is 5.93. The Morgan fingerprint density at radius 3 is 2.63 bits per heavy atom. The van der Waals surface area contributed by atoms with Gasteiger partial charge in [-0.05, 0) is 30.7 Å². The van der Waals surface area contributed by atoms with Crippen molar-refractivity contribution < 1.29 is 13.9 Å². The lowest BCUT2D eigenvalue weighted by atomic mass is 10.1. The van der Waals surface area contributed by atoms with Crippen molar-refractivity contribution in [2.24, 2.45) is 4.99 Å². The Kier molecular flexibility index (Phi) is 6.10. The minimum atomic E-state index is 0. The van der Waals surface area contributed by atoms with Crippen LogP contribution in [0.15, 0.2) is 51.9 Å². The summed E-state index contributed by atoms with van der Waals surface area (Å²) in [5.74, 6) is 3.20. The molecule has 0 saturated heterocycles. The SMILES string of the molecule is CN=C(NCc1ccc2c(c1)OCO2)NCc1oc2ccccc2c1C.I. The molecule has 27 heavy (non-hydrogen) atoms. The summed E-state index contributed by atoms with van der Waals surface area (Å²) in [7, 11) is 1.75. The fourth-order valence-electron chi connectivity index (χ4n) is 3.01. The molecule has 1 aliphatic heterocycles. The predicted molar refractivity (Wildman–Crippen MR) is 116 cm³/mol. The van der Waals surface area contributed by atoms with E-state index in [1.165, 1.54) is 0 Å².